The Balaban J connectivity index is 1.86. The summed E-state index contributed by atoms with van der Waals surface area (Å²) >= 11 is 0. The van der Waals surface area contributed by atoms with Crippen LogP contribution in [0.25, 0.3) is 0 Å². The van der Waals surface area contributed by atoms with Crippen molar-refractivity contribution in [1.82, 2.24) is 5.32 Å². The molecule has 0 heterocycles. The molecule has 0 bridgehead atoms. The van der Waals surface area contributed by atoms with E-state index in [1.54, 1.807) is 7.05 Å². The van der Waals surface area contributed by atoms with Crippen molar-refractivity contribution in [3.8, 4) is 0 Å². The predicted octanol–water partition coefficient (Wildman–Crippen LogP) is 3.27. The van der Waals surface area contributed by atoms with Gasteiger partial charge < -0.3 is 15.0 Å². The van der Waals surface area contributed by atoms with Gasteiger partial charge in [-0.05, 0) is 43.4 Å². The first-order valence-electron chi connectivity index (χ1n) is 9.26. The van der Waals surface area contributed by atoms with Crippen molar-refractivity contribution in [1.29, 1.82) is 0 Å². The number of rotatable bonds is 6. The third-order valence-corrected chi connectivity index (χ3v) is 5.01. The topological polar surface area (TPSA) is 72.3 Å². The molecule has 0 atom stereocenters. The molecule has 0 radical (unpaired) electrons. The van der Waals surface area contributed by atoms with Crippen molar-refractivity contribution in [2.45, 2.75) is 33.3 Å². The number of oxime groups is 2. The summed E-state index contributed by atoms with van der Waals surface area (Å²) in [6.45, 7) is 4.34. The lowest BCUT2D eigenvalue weighted by atomic mass is 9.98. The van der Waals surface area contributed by atoms with Crippen LogP contribution in [0.2, 0.25) is 0 Å². The lowest BCUT2D eigenvalue weighted by Gasteiger charge is -2.13. The third-order valence-electron chi connectivity index (χ3n) is 5.01. The first-order valence-corrected chi connectivity index (χ1v) is 9.26. The maximum Gasteiger partial charge on any atom is 0.273 e. The Labute approximate surface area is 165 Å². The average molecular weight is 379 g/mol. The smallest absolute Gasteiger partial charge is 0.273 e. The van der Waals surface area contributed by atoms with Gasteiger partial charge in [-0.15, -0.1) is 0 Å². The zero-order chi connectivity index (χ0) is 20.1. The summed E-state index contributed by atoms with van der Waals surface area (Å²) < 4.78 is 0. The van der Waals surface area contributed by atoms with E-state index in [0.717, 1.165) is 35.2 Å². The van der Waals surface area contributed by atoms with Crippen LogP contribution in [0.1, 0.15) is 39.8 Å². The van der Waals surface area contributed by atoms with Crippen LogP contribution in [0.4, 0.5) is 0 Å². The third kappa shape index (κ3) is 3.91. The van der Waals surface area contributed by atoms with E-state index in [0.29, 0.717) is 5.56 Å². The molecule has 28 heavy (non-hydrogen) atoms. The molecule has 2 aromatic rings. The number of carbonyl (C=O) groups is 1. The number of fused-ring (bicyclic) bond motifs is 1. The van der Waals surface area contributed by atoms with E-state index in [1.807, 2.05) is 31.2 Å². The first-order chi connectivity index (χ1) is 13.6. The first kappa shape index (κ1) is 19.6. The van der Waals surface area contributed by atoms with Gasteiger partial charge in [-0.25, -0.2) is 0 Å². The summed E-state index contributed by atoms with van der Waals surface area (Å²) in [5.41, 5.74) is 7.49. The number of hydrogen-bond acceptors (Lipinski definition) is 5. The molecule has 1 aliphatic carbocycles. The minimum Gasteiger partial charge on any atom is -0.398 e. The van der Waals surface area contributed by atoms with E-state index < -0.39 is 0 Å². The molecule has 1 N–H and O–H groups in total. The maximum atomic E-state index is 12.2. The van der Waals surface area contributed by atoms with Crippen LogP contribution in [0.15, 0.2) is 46.7 Å². The molecule has 146 valence electrons. The van der Waals surface area contributed by atoms with Gasteiger partial charge in [-0.2, -0.15) is 0 Å². The molecule has 0 aliphatic heterocycles. The quantitative estimate of drug-likeness (QED) is 0.618. The Morgan fingerprint density at radius 1 is 1.11 bits per heavy atom. The monoisotopic (exact) mass is 379 g/mol. The number of aryl methyl sites for hydroxylation is 2. The van der Waals surface area contributed by atoms with Crippen molar-refractivity contribution < 1.29 is 14.5 Å². The fourth-order valence-electron chi connectivity index (χ4n) is 3.49. The van der Waals surface area contributed by atoms with Crippen LogP contribution in [-0.4, -0.2) is 31.5 Å². The van der Waals surface area contributed by atoms with Gasteiger partial charge in [0.25, 0.3) is 5.91 Å². The van der Waals surface area contributed by atoms with Crippen LogP contribution in [-0.2, 0) is 27.5 Å². The molecule has 3 rings (SSSR count). The summed E-state index contributed by atoms with van der Waals surface area (Å²) in [5.74, 6) is -0.319. The standard InChI is InChI=1S/C22H25N3O3/c1-14-7-5-9-17-16(14)11-12-20(17)24-28-13-19-15(2)8-6-10-18(19)21(25-27-4)22(26)23-3/h5-10H,11-13H2,1-4H3,(H,23,26)/b24-20+,25-21+. The maximum absolute atomic E-state index is 12.2. The second kappa shape index (κ2) is 8.69. The highest BCUT2D eigenvalue weighted by Crippen LogP contribution is 2.26. The highest BCUT2D eigenvalue weighted by atomic mass is 16.6. The number of hydrogen-bond donors (Lipinski definition) is 1. The molecule has 1 amide bonds. The predicted molar refractivity (Wildman–Crippen MR) is 110 cm³/mol. The summed E-state index contributed by atoms with van der Waals surface area (Å²) in [7, 11) is 2.98. The Morgan fingerprint density at radius 3 is 2.61 bits per heavy atom. The lowest BCUT2D eigenvalue weighted by Crippen LogP contribution is -2.29. The van der Waals surface area contributed by atoms with Crippen LogP contribution in [0, 0.1) is 13.8 Å². The highest BCUT2D eigenvalue weighted by molar-refractivity contribution is 6.45. The van der Waals surface area contributed by atoms with Crippen molar-refractivity contribution in [3.05, 3.63) is 69.8 Å². The van der Waals surface area contributed by atoms with E-state index >= 15 is 0 Å². The second-order valence-corrected chi connectivity index (χ2v) is 6.72. The molecule has 0 fully saturated rings. The highest BCUT2D eigenvalue weighted by Gasteiger charge is 2.21. The number of nitrogens with zero attached hydrogens (tertiary/aromatic N) is 2. The van der Waals surface area contributed by atoms with Gasteiger partial charge >= 0.3 is 0 Å². The van der Waals surface area contributed by atoms with E-state index in [4.69, 9.17) is 9.68 Å². The minimum atomic E-state index is -0.319. The average Bonchev–Trinajstić information content (AvgIpc) is 3.11. The SMILES string of the molecule is CNC(=O)/C(=N/OC)c1cccc(C)c1CO/N=C1\CCc2c(C)cccc21. The van der Waals surface area contributed by atoms with E-state index in [2.05, 4.69) is 34.7 Å². The van der Waals surface area contributed by atoms with Crippen molar-refractivity contribution >= 4 is 17.3 Å². The van der Waals surface area contributed by atoms with Gasteiger partial charge in [0.05, 0.1) is 5.71 Å². The van der Waals surface area contributed by atoms with Gasteiger partial charge in [-0.3, -0.25) is 4.79 Å². The number of likely N-dealkylation sites (N-methyl/N-ethyl adjacent to an activating group) is 1. The molecule has 0 aromatic heterocycles. The summed E-state index contributed by atoms with van der Waals surface area (Å²) in [4.78, 5) is 22.8. The van der Waals surface area contributed by atoms with E-state index in [1.165, 1.54) is 18.2 Å². The zero-order valence-corrected chi connectivity index (χ0v) is 16.7. The van der Waals surface area contributed by atoms with Crippen molar-refractivity contribution in [2.24, 2.45) is 10.3 Å². The fourth-order valence-corrected chi connectivity index (χ4v) is 3.49. The van der Waals surface area contributed by atoms with Crippen LogP contribution in [0.3, 0.4) is 0 Å². The molecule has 0 saturated heterocycles. The Hall–Kier alpha value is -3.15. The van der Waals surface area contributed by atoms with Gasteiger partial charge in [0.15, 0.2) is 5.71 Å². The normalized spacial score (nSPS) is 14.7. The van der Waals surface area contributed by atoms with E-state index in [-0.39, 0.29) is 18.2 Å². The molecule has 6 heteroatoms. The van der Waals surface area contributed by atoms with Gasteiger partial charge in [0.2, 0.25) is 0 Å². The molecule has 1 aliphatic rings. The fraction of sp³-hybridized carbons (Fsp3) is 0.318. The van der Waals surface area contributed by atoms with Gasteiger partial charge in [0.1, 0.15) is 13.7 Å². The van der Waals surface area contributed by atoms with Gasteiger partial charge in [0, 0.05) is 23.7 Å². The van der Waals surface area contributed by atoms with Gasteiger partial charge in [-0.1, -0.05) is 46.7 Å². The Bertz CT molecular complexity index is 948. The molecule has 2 aromatic carbocycles. The Kier molecular flexibility index (Phi) is 6.09. The molecular formula is C22H25N3O3. The molecular weight excluding hydrogens is 354 g/mol. The largest absolute Gasteiger partial charge is 0.398 e. The molecule has 0 spiro atoms. The molecule has 6 nitrogen and oxygen atoms in total. The molecule has 0 saturated carbocycles. The second-order valence-electron chi connectivity index (χ2n) is 6.72. The molecule has 0 unspecified atom stereocenters. The summed E-state index contributed by atoms with van der Waals surface area (Å²) in [5, 5.41) is 10.9. The lowest BCUT2D eigenvalue weighted by molar-refractivity contribution is -0.114. The van der Waals surface area contributed by atoms with E-state index in [9.17, 15) is 4.79 Å². The summed E-state index contributed by atoms with van der Waals surface area (Å²) in [6, 6.07) is 11.9. The van der Waals surface area contributed by atoms with Crippen molar-refractivity contribution in [3.63, 3.8) is 0 Å². The number of carbonyl (C=O) groups excluding carboxylic acids is 1. The number of amides is 1. The van der Waals surface area contributed by atoms with Crippen molar-refractivity contribution in [2.75, 3.05) is 14.2 Å². The number of benzene rings is 2. The summed E-state index contributed by atoms with van der Waals surface area (Å²) in [6.07, 6.45) is 1.86. The Morgan fingerprint density at radius 2 is 1.86 bits per heavy atom. The van der Waals surface area contributed by atoms with Crippen LogP contribution in [0.5, 0.6) is 0 Å². The van der Waals surface area contributed by atoms with Crippen LogP contribution < -0.4 is 5.32 Å². The van der Waals surface area contributed by atoms with Crippen LogP contribution >= 0.6 is 0 Å². The minimum absolute atomic E-state index is 0.210. The number of nitrogens with one attached hydrogen (secondary N) is 1. The zero-order valence-electron chi connectivity index (χ0n) is 16.7.